The van der Waals surface area contributed by atoms with Crippen LogP contribution in [-0.4, -0.2) is 5.78 Å². The van der Waals surface area contributed by atoms with Crippen molar-refractivity contribution in [3.05, 3.63) is 36.0 Å². The van der Waals surface area contributed by atoms with Gasteiger partial charge in [0.2, 0.25) is 0 Å². The number of hydrogen-bond acceptors (Lipinski definition) is 1. The topological polar surface area (TPSA) is 17.1 Å². The van der Waals surface area contributed by atoms with Gasteiger partial charge in [0, 0.05) is 6.42 Å². The third-order valence-electron chi connectivity index (χ3n) is 7.82. The van der Waals surface area contributed by atoms with E-state index >= 15 is 0 Å². The van der Waals surface area contributed by atoms with E-state index in [0.29, 0.717) is 16.6 Å². The first-order valence-electron chi connectivity index (χ1n) is 9.06. The van der Waals surface area contributed by atoms with Crippen molar-refractivity contribution < 1.29 is 4.79 Å². The van der Waals surface area contributed by atoms with Gasteiger partial charge in [-0.05, 0) is 78.8 Å². The molecule has 2 saturated carbocycles. The van der Waals surface area contributed by atoms with Gasteiger partial charge in [0.25, 0.3) is 0 Å². The van der Waals surface area contributed by atoms with Crippen LogP contribution < -0.4 is 0 Å². The van der Waals surface area contributed by atoms with Crippen LogP contribution in [0.4, 0.5) is 0 Å². The first-order valence-corrected chi connectivity index (χ1v) is 9.06. The van der Waals surface area contributed by atoms with Crippen molar-refractivity contribution in [3.63, 3.8) is 0 Å². The highest BCUT2D eigenvalue weighted by molar-refractivity contribution is 5.91. The van der Waals surface area contributed by atoms with E-state index in [9.17, 15) is 4.79 Å². The van der Waals surface area contributed by atoms with Gasteiger partial charge in [-0.15, -0.1) is 0 Å². The molecule has 0 heterocycles. The van der Waals surface area contributed by atoms with Gasteiger partial charge in [0.1, 0.15) is 0 Å². The van der Waals surface area contributed by atoms with Crippen molar-refractivity contribution in [1.29, 1.82) is 0 Å². The molecule has 0 bridgehead atoms. The minimum atomic E-state index is 0.301. The largest absolute Gasteiger partial charge is 0.295 e. The summed E-state index contributed by atoms with van der Waals surface area (Å²) in [5.74, 6) is 2.79. The number of fused-ring (bicyclic) bond motifs is 5. The molecule has 0 amide bonds. The SMILES string of the molecule is C=CC1=CCC2C3CCC4=CC(=O)CC[C@]4(C)C3CC[C@]12C. The van der Waals surface area contributed by atoms with Crippen molar-refractivity contribution in [2.24, 2.45) is 28.6 Å². The van der Waals surface area contributed by atoms with Crippen LogP contribution in [0.25, 0.3) is 0 Å². The van der Waals surface area contributed by atoms with E-state index in [1.54, 1.807) is 0 Å². The number of ketones is 1. The average Bonchev–Trinajstić information content (AvgIpc) is 2.84. The maximum atomic E-state index is 11.8. The van der Waals surface area contributed by atoms with Gasteiger partial charge in [0.15, 0.2) is 5.78 Å². The number of carbonyl (C=O) groups excluding carboxylic acids is 1. The normalized spacial score (nSPS) is 47.0. The summed E-state index contributed by atoms with van der Waals surface area (Å²) in [6, 6.07) is 0. The average molecular weight is 296 g/mol. The van der Waals surface area contributed by atoms with Crippen molar-refractivity contribution >= 4 is 5.78 Å². The molecule has 4 rings (SSSR count). The Bertz CT molecular complexity index is 595. The Labute approximate surface area is 134 Å². The summed E-state index contributed by atoms with van der Waals surface area (Å²) in [5.41, 5.74) is 3.64. The Hall–Kier alpha value is -1.11. The molecule has 5 atom stereocenters. The molecular formula is C21H28O. The third kappa shape index (κ3) is 1.74. The lowest BCUT2D eigenvalue weighted by molar-refractivity contribution is -0.117. The second kappa shape index (κ2) is 4.69. The van der Waals surface area contributed by atoms with E-state index in [1.807, 2.05) is 6.08 Å². The van der Waals surface area contributed by atoms with E-state index in [-0.39, 0.29) is 0 Å². The summed E-state index contributed by atoms with van der Waals surface area (Å²) < 4.78 is 0. The first kappa shape index (κ1) is 14.5. The molecule has 0 N–H and O–H groups in total. The van der Waals surface area contributed by atoms with Crippen LogP contribution >= 0.6 is 0 Å². The zero-order valence-corrected chi connectivity index (χ0v) is 14.0. The van der Waals surface area contributed by atoms with Gasteiger partial charge in [-0.1, -0.05) is 38.2 Å². The third-order valence-corrected chi connectivity index (χ3v) is 7.82. The fourth-order valence-corrected chi connectivity index (χ4v) is 6.48. The summed E-state index contributed by atoms with van der Waals surface area (Å²) in [6.07, 6.45) is 14.7. The molecule has 0 aromatic heterocycles. The standard InChI is InChI=1S/C21H28O/c1-4-14-6-8-18-17-7-5-15-13-16(22)9-11-21(15,3)19(17)10-12-20(14,18)2/h4,6,13,17-19H,1,5,7-12H2,2-3H3/t17?,18?,19?,20-,21+/m1/s1. The predicted octanol–water partition coefficient (Wildman–Crippen LogP) is 5.24. The molecule has 118 valence electrons. The van der Waals surface area contributed by atoms with Crippen LogP contribution in [0.15, 0.2) is 36.0 Å². The van der Waals surface area contributed by atoms with Crippen molar-refractivity contribution in [3.8, 4) is 0 Å². The number of allylic oxidation sites excluding steroid dienone is 5. The van der Waals surface area contributed by atoms with E-state index in [2.05, 4.69) is 32.6 Å². The van der Waals surface area contributed by atoms with Crippen LogP contribution in [0.5, 0.6) is 0 Å². The van der Waals surface area contributed by atoms with Crippen LogP contribution in [0.3, 0.4) is 0 Å². The Morgan fingerprint density at radius 2 is 1.95 bits per heavy atom. The van der Waals surface area contributed by atoms with Gasteiger partial charge in [0.05, 0.1) is 0 Å². The summed E-state index contributed by atoms with van der Waals surface area (Å²) in [5, 5.41) is 0. The number of carbonyl (C=O) groups is 1. The Balaban J connectivity index is 1.69. The van der Waals surface area contributed by atoms with Crippen molar-refractivity contribution in [2.45, 2.75) is 58.8 Å². The predicted molar refractivity (Wildman–Crippen MR) is 90.4 cm³/mol. The molecule has 3 unspecified atom stereocenters. The van der Waals surface area contributed by atoms with Crippen molar-refractivity contribution in [1.82, 2.24) is 0 Å². The highest BCUT2D eigenvalue weighted by atomic mass is 16.1. The maximum absolute atomic E-state index is 11.8. The lowest BCUT2D eigenvalue weighted by Gasteiger charge is -2.57. The van der Waals surface area contributed by atoms with E-state index < -0.39 is 0 Å². The Morgan fingerprint density at radius 1 is 1.14 bits per heavy atom. The monoisotopic (exact) mass is 296 g/mol. The maximum Gasteiger partial charge on any atom is 0.155 e. The first-order chi connectivity index (χ1) is 10.5. The molecule has 2 fully saturated rings. The molecule has 0 saturated heterocycles. The van der Waals surface area contributed by atoms with E-state index in [1.165, 1.54) is 36.8 Å². The lowest BCUT2D eigenvalue weighted by atomic mass is 9.47. The quantitative estimate of drug-likeness (QED) is 0.646. The smallest absolute Gasteiger partial charge is 0.155 e. The minimum absolute atomic E-state index is 0.301. The minimum Gasteiger partial charge on any atom is -0.295 e. The number of hydrogen-bond donors (Lipinski definition) is 0. The zero-order chi connectivity index (χ0) is 15.5. The van der Waals surface area contributed by atoms with Gasteiger partial charge in [-0.3, -0.25) is 4.79 Å². The van der Waals surface area contributed by atoms with Crippen molar-refractivity contribution in [2.75, 3.05) is 0 Å². The summed E-state index contributed by atoms with van der Waals surface area (Å²) in [7, 11) is 0. The van der Waals surface area contributed by atoms with Crippen LogP contribution in [0.1, 0.15) is 58.8 Å². The second-order valence-electron chi connectivity index (χ2n) is 8.52. The van der Waals surface area contributed by atoms with Gasteiger partial charge >= 0.3 is 0 Å². The van der Waals surface area contributed by atoms with Crippen LogP contribution in [0.2, 0.25) is 0 Å². The molecule has 1 nitrogen and oxygen atoms in total. The zero-order valence-electron chi connectivity index (χ0n) is 14.0. The fourth-order valence-electron chi connectivity index (χ4n) is 6.48. The highest BCUT2D eigenvalue weighted by Gasteiger charge is 2.56. The molecule has 4 aliphatic carbocycles. The van der Waals surface area contributed by atoms with Gasteiger partial charge < -0.3 is 0 Å². The summed E-state index contributed by atoms with van der Waals surface area (Å²) >= 11 is 0. The summed E-state index contributed by atoms with van der Waals surface area (Å²) in [6.45, 7) is 8.99. The molecule has 0 radical (unpaired) electrons. The molecule has 4 aliphatic rings. The van der Waals surface area contributed by atoms with Gasteiger partial charge in [-0.25, -0.2) is 0 Å². The summed E-state index contributed by atoms with van der Waals surface area (Å²) in [4.78, 5) is 11.8. The molecular weight excluding hydrogens is 268 g/mol. The second-order valence-corrected chi connectivity index (χ2v) is 8.52. The Morgan fingerprint density at radius 3 is 2.73 bits per heavy atom. The molecule has 22 heavy (non-hydrogen) atoms. The highest BCUT2D eigenvalue weighted by Crippen LogP contribution is 2.65. The molecule has 1 heteroatoms. The number of rotatable bonds is 1. The van der Waals surface area contributed by atoms with E-state index in [4.69, 9.17) is 0 Å². The Kier molecular flexibility index (Phi) is 3.09. The fraction of sp³-hybridized carbons (Fsp3) is 0.667. The van der Waals surface area contributed by atoms with Crippen LogP contribution in [-0.2, 0) is 4.79 Å². The molecule has 0 aromatic carbocycles. The van der Waals surface area contributed by atoms with Crippen LogP contribution in [0, 0.1) is 28.6 Å². The van der Waals surface area contributed by atoms with E-state index in [0.717, 1.165) is 37.0 Å². The molecule has 0 aromatic rings. The lowest BCUT2D eigenvalue weighted by Crippen LogP contribution is -2.49. The molecule has 0 spiro atoms. The molecule has 0 aliphatic heterocycles. The van der Waals surface area contributed by atoms with Gasteiger partial charge in [-0.2, -0.15) is 0 Å².